The molecule has 0 aliphatic rings. The molecule has 96 valence electrons. The van der Waals surface area contributed by atoms with Gasteiger partial charge in [-0.05, 0) is 50.1 Å². The van der Waals surface area contributed by atoms with Gasteiger partial charge in [0.1, 0.15) is 5.75 Å². The van der Waals surface area contributed by atoms with Gasteiger partial charge >= 0.3 is 0 Å². The van der Waals surface area contributed by atoms with Crippen LogP contribution in [0.15, 0.2) is 37.0 Å². The minimum atomic E-state index is -0.194. The highest BCUT2D eigenvalue weighted by Crippen LogP contribution is 2.39. The van der Waals surface area contributed by atoms with E-state index in [1.165, 1.54) is 0 Å². The van der Waals surface area contributed by atoms with Gasteiger partial charge in [-0.3, -0.25) is 0 Å². The molecule has 0 aliphatic carbocycles. The molecular formula is C12H10Br3NOS. The standard InChI is InChI=1S/C12H10Br3NOS/c1-17-9-4-6(13)2-3-7(9)11(16)10-5-8(14)12(15)18-10/h2-5,11H,16H2,1H3. The van der Waals surface area contributed by atoms with Crippen molar-refractivity contribution in [2.24, 2.45) is 5.73 Å². The van der Waals surface area contributed by atoms with E-state index in [-0.39, 0.29) is 6.04 Å². The summed E-state index contributed by atoms with van der Waals surface area (Å²) in [6, 6.07) is 7.71. The number of ether oxygens (including phenoxy) is 1. The number of thiophene rings is 1. The van der Waals surface area contributed by atoms with E-state index in [9.17, 15) is 0 Å². The number of rotatable bonds is 3. The maximum Gasteiger partial charge on any atom is 0.125 e. The summed E-state index contributed by atoms with van der Waals surface area (Å²) in [6.07, 6.45) is 0. The van der Waals surface area contributed by atoms with Crippen LogP contribution in [0.25, 0.3) is 0 Å². The Morgan fingerprint density at radius 3 is 2.50 bits per heavy atom. The van der Waals surface area contributed by atoms with Crippen molar-refractivity contribution in [1.82, 2.24) is 0 Å². The van der Waals surface area contributed by atoms with Crippen LogP contribution in [0.2, 0.25) is 0 Å². The van der Waals surface area contributed by atoms with Crippen molar-refractivity contribution in [3.63, 3.8) is 0 Å². The predicted octanol–water partition coefficient (Wildman–Crippen LogP) is 5.09. The lowest BCUT2D eigenvalue weighted by Gasteiger charge is -2.14. The van der Waals surface area contributed by atoms with Crippen LogP contribution in [0.1, 0.15) is 16.5 Å². The molecule has 0 fully saturated rings. The Hall–Kier alpha value is 0.120. The molecular weight excluding hydrogens is 446 g/mol. The lowest BCUT2D eigenvalue weighted by atomic mass is 10.1. The first-order valence-corrected chi connectivity index (χ1v) is 8.26. The molecule has 0 saturated heterocycles. The molecule has 0 aliphatic heterocycles. The van der Waals surface area contributed by atoms with Crippen LogP contribution < -0.4 is 10.5 Å². The fraction of sp³-hybridized carbons (Fsp3) is 0.167. The third kappa shape index (κ3) is 2.99. The van der Waals surface area contributed by atoms with Gasteiger partial charge in [0.15, 0.2) is 0 Å². The molecule has 0 bridgehead atoms. The Balaban J connectivity index is 2.42. The van der Waals surface area contributed by atoms with E-state index < -0.39 is 0 Å². The topological polar surface area (TPSA) is 35.2 Å². The van der Waals surface area contributed by atoms with Gasteiger partial charge in [0, 0.05) is 19.4 Å². The average Bonchev–Trinajstić information content (AvgIpc) is 2.68. The fourth-order valence-corrected chi connectivity index (χ4v) is 4.06. The smallest absolute Gasteiger partial charge is 0.125 e. The second kappa shape index (κ2) is 6.05. The fourth-order valence-electron chi connectivity index (χ4n) is 1.61. The Kier molecular flexibility index (Phi) is 4.88. The van der Waals surface area contributed by atoms with Gasteiger partial charge in [-0.1, -0.05) is 22.0 Å². The molecule has 6 heteroatoms. The lowest BCUT2D eigenvalue weighted by Crippen LogP contribution is -2.11. The molecule has 2 nitrogen and oxygen atoms in total. The van der Waals surface area contributed by atoms with Crippen LogP contribution >= 0.6 is 59.1 Å². The van der Waals surface area contributed by atoms with Gasteiger partial charge in [0.25, 0.3) is 0 Å². The Bertz CT molecular complexity index is 551. The molecule has 1 atom stereocenters. The Labute approximate surface area is 135 Å². The van der Waals surface area contributed by atoms with Crippen LogP contribution in [-0.2, 0) is 0 Å². The molecule has 1 aromatic heterocycles. The van der Waals surface area contributed by atoms with E-state index in [0.717, 1.165) is 28.9 Å². The third-order valence-electron chi connectivity index (χ3n) is 2.50. The second-order valence-electron chi connectivity index (χ2n) is 3.63. The lowest BCUT2D eigenvalue weighted by molar-refractivity contribution is 0.407. The van der Waals surface area contributed by atoms with Crippen LogP contribution in [0.4, 0.5) is 0 Å². The Morgan fingerprint density at radius 2 is 1.94 bits per heavy atom. The van der Waals surface area contributed by atoms with Gasteiger partial charge < -0.3 is 10.5 Å². The van der Waals surface area contributed by atoms with Crippen molar-refractivity contribution in [2.75, 3.05) is 7.11 Å². The summed E-state index contributed by atoms with van der Waals surface area (Å²) in [5.41, 5.74) is 7.27. The minimum absolute atomic E-state index is 0.194. The minimum Gasteiger partial charge on any atom is -0.496 e. The largest absolute Gasteiger partial charge is 0.496 e. The zero-order chi connectivity index (χ0) is 13.3. The van der Waals surface area contributed by atoms with E-state index >= 15 is 0 Å². The summed E-state index contributed by atoms with van der Waals surface area (Å²) in [4.78, 5) is 1.08. The molecule has 2 N–H and O–H groups in total. The van der Waals surface area contributed by atoms with Gasteiger partial charge in [-0.25, -0.2) is 0 Å². The van der Waals surface area contributed by atoms with Crippen molar-refractivity contribution in [1.29, 1.82) is 0 Å². The van der Waals surface area contributed by atoms with Gasteiger partial charge in [0.05, 0.1) is 16.9 Å². The molecule has 2 rings (SSSR count). The second-order valence-corrected chi connectivity index (χ2v) is 7.81. The first kappa shape index (κ1) is 14.5. The summed E-state index contributed by atoms with van der Waals surface area (Å²) in [5, 5.41) is 0. The maximum absolute atomic E-state index is 6.30. The number of hydrogen-bond donors (Lipinski definition) is 1. The van der Waals surface area contributed by atoms with Gasteiger partial charge in [-0.15, -0.1) is 11.3 Å². The van der Waals surface area contributed by atoms with E-state index in [4.69, 9.17) is 10.5 Å². The molecule has 0 spiro atoms. The molecule has 0 radical (unpaired) electrons. The zero-order valence-corrected chi connectivity index (χ0v) is 15.0. The monoisotopic (exact) mass is 453 g/mol. The van der Waals surface area contributed by atoms with Crippen LogP contribution in [0.3, 0.4) is 0 Å². The molecule has 1 heterocycles. The summed E-state index contributed by atoms with van der Waals surface area (Å²) < 4.78 is 8.42. The van der Waals surface area contributed by atoms with Crippen molar-refractivity contribution in [3.8, 4) is 5.75 Å². The van der Waals surface area contributed by atoms with E-state index in [0.29, 0.717) is 0 Å². The van der Waals surface area contributed by atoms with Crippen LogP contribution in [-0.4, -0.2) is 7.11 Å². The summed E-state index contributed by atoms with van der Waals surface area (Å²) in [5.74, 6) is 0.789. The molecule has 18 heavy (non-hydrogen) atoms. The highest BCUT2D eigenvalue weighted by molar-refractivity contribution is 9.13. The first-order valence-electron chi connectivity index (χ1n) is 5.06. The van der Waals surface area contributed by atoms with Crippen molar-refractivity contribution >= 4 is 59.1 Å². The molecule has 0 saturated carbocycles. The molecule has 0 amide bonds. The first-order chi connectivity index (χ1) is 8.52. The highest BCUT2D eigenvalue weighted by Gasteiger charge is 2.17. The zero-order valence-electron chi connectivity index (χ0n) is 9.41. The third-order valence-corrected chi connectivity index (χ3v) is 6.33. The van der Waals surface area contributed by atoms with E-state index in [2.05, 4.69) is 47.8 Å². The Morgan fingerprint density at radius 1 is 1.22 bits per heavy atom. The van der Waals surface area contributed by atoms with Crippen molar-refractivity contribution in [2.45, 2.75) is 6.04 Å². The normalized spacial score (nSPS) is 12.5. The van der Waals surface area contributed by atoms with Crippen molar-refractivity contribution in [3.05, 3.63) is 47.4 Å². The number of benzene rings is 1. The summed E-state index contributed by atoms with van der Waals surface area (Å²) in [7, 11) is 1.65. The highest BCUT2D eigenvalue weighted by atomic mass is 79.9. The SMILES string of the molecule is COc1cc(Br)ccc1C(N)c1cc(Br)c(Br)s1. The van der Waals surface area contributed by atoms with E-state index in [1.54, 1.807) is 18.4 Å². The van der Waals surface area contributed by atoms with E-state index in [1.807, 2.05) is 24.3 Å². The van der Waals surface area contributed by atoms with Crippen molar-refractivity contribution < 1.29 is 4.74 Å². The number of hydrogen-bond acceptors (Lipinski definition) is 3. The predicted molar refractivity (Wildman–Crippen MR) is 86.4 cm³/mol. The van der Waals surface area contributed by atoms with Crippen LogP contribution in [0, 0.1) is 0 Å². The molecule has 2 aromatic rings. The molecule has 1 aromatic carbocycles. The van der Waals surface area contributed by atoms with Crippen LogP contribution in [0.5, 0.6) is 5.75 Å². The van der Waals surface area contributed by atoms with Gasteiger partial charge in [0.2, 0.25) is 0 Å². The summed E-state index contributed by atoms with van der Waals surface area (Å²) in [6.45, 7) is 0. The average molecular weight is 456 g/mol. The summed E-state index contributed by atoms with van der Waals surface area (Å²) >= 11 is 12.0. The maximum atomic E-state index is 6.30. The number of halogens is 3. The number of methoxy groups -OCH3 is 1. The number of nitrogens with two attached hydrogens (primary N) is 1. The molecule has 1 unspecified atom stereocenters. The van der Waals surface area contributed by atoms with Gasteiger partial charge in [-0.2, -0.15) is 0 Å². The quantitative estimate of drug-likeness (QED) is 0.699.